The summed E-state index contributed by atoms with van der Waals surface area (Å²) >= 11 is 0. The summed E-state index contributed by atoms with van der Waals surface area (Å²) in [5, 5.41) is 2.85. The molecule has 1 N–H and O–H groups in total. The Morgan fingerprint density at radius 2 is 1.47 bits per heavy atom. The van der Waals surface area contributed by atoms with E-state index in [1.165, 1.54) is 11.4 Å². The molecule has 2 aromatic rings. The van der Waals surface area contributed by atoms with Crippen LogP contribution in [-0.2, 0) is 32.5 Å². The van der Waals surface area contributed by atoms with Crippen molar-refractivity contribution in [1.82, 2.24) is 4.90 Å². The lowest BCUT2D eigenvalue weighted by Crippen LogP contribution is -2.29. The number of carbonyl (C=O) groups is 2. The van der Waals surface area contributed by atoms with Crippen molar-refractivity contribution in [3.63, 3.8) is 0 Å². The molecule has 1 aliphatic heterocycles. The van der Waals surface area contributed by atoms with Gasteiger partial charge in [-0.2, -0.15) is 0 Å². The smallest absolute Gasteiger partial charge is 0.231 e. The fraction of sp³-hybridized carbons (Fsp3) is 0.364. The Morgan fingerprint density at radius 3 is 2.03 bits per heavy atom. The SMILES string of the molecule is CN(c1ccc(CC(=O)Nc2ccc(CC(=O)N3CCCC3)cc2)cc1)S(C)(=O)=O. The summed E-state index contributed by atoms with van der Waals surface area (Å²) < 4.78 is 24.4. The van der Waals surface area contributed by atoms with Crippen LogP contribution in [0.15, 0.2) is 48.5 Å². The van der Waals surface area contributed by atoms with E-state index in [0.717, 1.165) is 43.3 Å². The normalized spacial score (nSPS) is 13.9. The fourth-order valence-corrected chi connectivity index (χ4v) is 3.87. The lowest BCUT2D eigenvalue weighted by Gasteiger charge is -2.16. The Hall–Kier alpha value is -2.87. The maximum absolute atomic E-state index is 12.3. The zero-order valence-corrected chi connectivity index (χ0v) is 18.1. The van der Waals surface area contributed by atoms with E-state index in [1.807, 2.05) is 17.0 Å². The molecule has 0 saturated carbocycles. The monoisotopic (exact) mass is 429 g/mol. The van der Waals surface area contributed by atoms with Crippen molar-refractivity contribution in [2.75, 3.05) is 36.0 Å². The van der Waals surface area contributed by atoms with Gasteiger partial charge in [0.2, 0.25) is 21.8 Å². The molecule has 2 amide bonds. The second kappa shape index (κ2) is 9.30. The van der Waals surface area contributed by atoms with E-state index in [4.69, 9.17) is 0 Å². The zero-order chi connectivity index (χ0) is 21.7. The number of rotatable bonds is 7. The number of nitrogens with one attached hydrogen (secondary N) is 1. The van der Waals surface area contributed by atoms with Crippen molar-refractivity contribution >= 4 is 33.2 Å². The van der Waals surface area contributed by atoms with Crippen LogP contribution in [-0.4, -0.2) is 51.5 Å². The molecule has 1 fully saturated rings. The van der Waals surface area contributed by atoms with E-state index in [1.54, 1.807) is 36.4 Å². The van der Waals surface area contributed by atoms with Gasteiger partial charge in [-0.3, -0.25) is 13.9 Å². The standard InChI is InChI=1S/C22H27N3O4S/c1-24(30(2,28)29)20-11-7-17(8-12-20)15-21(26)23-19-9-5-18(6-10-19)16-22(27)25-13-3-4-14-25/h5-12H,3-4,13-16H2,1-2H3,(H,23,26). The number of carbonyl (C=O) groups excluding carboxylic acids is 2. The summed E-state index contributed by atoms with van der Waals surface area (Å²) in [6.45, 7) is 1.69. The first kappa shape index (κ1) is 21.8. The Labute approximate surface area is 177 Å². The van der Waals surface area contributed by atoms with Crippen molar-refractivity contribution < 1.29 is 18.0 Å². The van der Waals surface area contributed by atoms with E-state index in [-0.39, 0.29) is 18.2 Å². The number of sulfonamides is 1. The van der Waals surface area contributed by atoms with E-state index in [2.05, 4.69) is 5.32 Å². The molecule has 8 heteroatoms. The maximum Gasteiger partial charge on any atom is 0.231 e. The van der Waals surface area contributed by atoms with Crippen molar-refractivity contribution in [2.24, 2.45) is 0 Å². The first-order valence-corrected chi connectivity index (χ1v) is 11.8. The number of hydrogen-bond donors (Lipinski definition) is 1. The summed E-state index contributed by atoms with van der Waals surface area (Å²) in [5.41, 5.74) is 2.92. The van der Waals surface area contributed by atoms with Crippen molar-refractivity contribution in [3.05, 3.63) is 59.7 Å². The van der Waals surface area contributed by atoms with Crippen LogP contribution >= 0.6 is 0 Å². The predicted octanol–water partition coefficient (Wildman–Crippen LogP) is 2.43. The molecule has 0 aliphatic carbocycles. The van der Waals surface area contributed by atoms with E-state index >= 15 is 0 Å². The molecule has 0 bridgehead atoms. The van der Waals surface area contributed by atoms with E-state index < -0.39 is 10.0 Å². The molecule has 0 radical (unpaired) electrons. The van der Waals surface area contributed by atoms with Crippen LogP contribution in [0.3, 0.4) is 0 Å². The highest BCUT2D eigenvalue weighted by Gasteiger charge is 2.18. The third-order valence-electron chi connectivity index (χ3n) is 5.21. The minimum Gasteiger partial charge on any atom is -0.342 e. The lowest BCUT2D eigenvalue weighted by molar-refractivity contribution is -0.129. The molecule has 0 atom stereocenters. The second-order valence-corrected chi connectivity index (χ2v) is 9.60. The Balaban J connectivity index is 1.52. The van der Waals surface area contributed by atoms with Gasteiger partial charge in [0, 0.05) is 25.8 Å². The van der Waals surface area contributed by atoms with Crippen molar-refractivity contribution in [1.29, 1.82) is 0 Å². The first-order valence-electron chi connectivity index (χ1n) is 9.92. The second-order valence-electron chi connectivity index (χ2n) is 7.58. The highest BCUT2D eigenvalue weighted by atomic mass is 32.2. The highest BCUT2D eigenvalue weighted by molar-refractivity contribution is 7.92. The van der Waals surface area contributed by atoms with Gasteiger partial charge in [-0.15, -0.1) is 0 Å². The van der Waals surface area contributed by atoms with Crippen LogP contribution in [0, 0.1) is 0 Å². The molecule has 3 rings (SSSR count). The van der Waals surface area contributed by atoms with Crippen LogP contribution in [0.1, 0.15) is 24.0 Å². The summed E-state index contributed by atoms with van der Waals surface area (Å²) in [6, 6.07) is 14.2. The average Bonchev–Trinajstić information content (AvgIpc) is 3.24. The molecule has 160 valence electrons. The van der Waals surface area contributed by atoms with Crippen LogP contribution in [0.2, 0.25) is 0 Å². The third kappa shape index (κ3) is 5.82. The van der Waals surface area contributed by atoms with Gasteiger partial charge in [-0.25, -0.2) is 8.42 Å². The number of benzene rings is 2. The zero-order valence-electron chi connectivity index (χ0n) is 17.3. The van der Waals surface area contributed by atoms with Gasteiger partial charge in [0.25, 0.3) is 0 Å². The summed E-state index contributed by atoms with van der Waals surface area (Å²) in [6.07, 6.45) is 3.85. The van der Waals surface area contributed by atoms with Gasteiger partial charge in [0.05, 0.1) is 24.8 Å². The Kier molecular flexibility index (Phi) is 6.77. The molecule has 0 unspecified atom stereocenters. The van der Waals surface area contributed by atoms with Gasteiger partial charge in [0.1, 0.15) is 0 Å². The van der Waals surface area contributed by atoms with Crippen molar-refractivity contribution in [2.45, 2.75) is 25.7 Å². The van der Waals surface area contributed by atoms with E-state index in [9.17, 15) is 18.0 Å². The summed E-state index contributed by atoms with van der Waals surface area (Å²) in [5.74, 6) is -0.0191. The largest absolute Gasteiger partial charge is 0.342 e. The number of amides is 2. The summed E-state index contributed by atoms with van der Waals surface area (Å²) in [4.78, 5) is 26.4. The molecule has 1 saturated heterocycles. The van der Waals surface area contributed by atoms with Gasteiger partial charge in [-0.1, -0.05) is 24.3 Å². The van der Waals surface area contributed by atoms with Crippen LogP contribution in [0.5, 0.6) is 0 Å². The van der Waals surface area contributed by atoms with Crippen LogP contribution in [0.25, 0.3) is 0 Å². The minimum absolute atomic E-state index is 0.147. The quantitative estimate of drug-likeness (QED) is 0.732. The first-order chi connectivity index (χ1) is 14.2. The molecule has 2 aromatic carbocycles. The lowest BCUT2D eigenvalue weighted by atomic mass is 10.1. The summed E-state index contributed by atoms with van der Waals surface area (Å²) in [7, 11) is -1.83. The van der Waals surface area contributed by atoms with Gasteiger partial charge in [-0.05, 0) is 48.2 Å². The Bertz CT molecular complexity index is 996. The van der Waals surface area contributed by atoms with Crippen molar-refractivity contribution in [3.8, 4) is 0 Å². The molecule has 30 heavy (non-hydrogen) atoms. The highest BCUT2D eigenvalue weighted by Crippen LogP contribution is 2.18. The number of hydrogen-bond acceptors (Lipinski definition) is 4. The van der Waals surface area contributed by atoms with Gasteiger partial charge in [0.15, 0.2) is 0 Å². The van der Waals surface area contributed by atoms with Gasteiger partial charge < -0.3 is 10.2 Å². The average molecular weight is 430 g/mol. The predicted molar refractivity (Wildman–Crippen MR) is 118 cm³/mol. The molecule has 1 aliphatic rings. The van der Waals surface area contributed by atoms with Gasteiger partial charge >= 0.3 is 0 Å². The topological polar surface area (TPSA) is 86.8 Å². The number of likely N-dealkylation sites (tertiary alicyclic amines) is 1. The fourth-order valence-electron chi connectivity index (χ4n) is 3.36. The van der Waals surface area contributed by atoms with E-state index in [0.29, 0.717) is 17.8 Å². The van der Waals surface area contributed by atoms with Crippen LogP contribution in [0.4, 0.5) is 11.4 Å². The minimum atomic E-state index is -3.32. The number of nitrogens with zero attached hydrogens (tertiary/aromatic N) is 2. The third-order valence-corrected chi connectivity index (χ3v) is 6.42. The maximum atomic E-state index is 12.3. The van der Waals surface area contributed by atoms with Crippen LogP contribution < -0.4 is 9.62 Å². The molecule has 0 aromatic heterocycles. The number of anilines is 2. The Morgan fingerprint density at radius 1 is 0.933 bits per heavy atom. The molecular weight excluding hydrogens is 402 g/mol. The molecule has 7 nitrogen and oxygen atoms in total. The molecule has 1 heterocycles. The molecule has 0 spiro atoms. The molecular formula is C22H27N3O4S.